The number of halogens is 2. The van der Waals surface area contributed by atoms with Gasteiger partial charge in [0.05, 0.1) is 23.0 Å². The van der Waals surface area contributed by atoms with E-state index >= 15 is 8.78 Å². The van der Waals surface area contributed by atoms with Crippen LogP contribution in [0.3, 0.4) is 0 Å². The molecule has 2 aromatic carbocycles. The first-order valence-electron chi connectivity index (χ1n) is 21.2. The van der Waals surface area contributed by atoms with E-state index in [1.165, 1.54) is 18.7 Å². The van der Waals surface area contributed by atoms with Gasteiger partial charge in [-0.15, -0.1) is 0 Å². The Morgan fingerprint density at radius 1 is 0.905 bits per heavy atom. The number of piperazine rings is 1. The van der Waals surface area contributed by atoms with Gasteiger partial charge in [0.1, 0.15) is 23.3 Å². The number of aromatic amines is 1. The van der Waals surface area contributed by atoms with Crippen LogP contribution in [0.15, 0.2) is 73.2 Å². The lowest BCUT2D eigenvalue weighted by Gasteiger charge is -2.37. The van der Waals surface area contributed by atoms with Crippen LogP contribution in [0.5, 0.6) is 0 Å². The zero-order chi connectivity index (χ0) is 44.4. The number of benzene rings is 2. The van der Waals surface area contributed by atoms with Crippen molar-refractivity contribution in [3.8, 4) is 11.1 Å². The molecule has 2 unspecified atom stereocenters. The SMILES string of the molecule is CCC(C)S(=O)(=O)Nc1ccc(F)c(C(=O)c2c[nH]c3ncc(-c4ccc(N5CCN(C(=O)CN6CCC(c7ccc(NC8CCC(=O)NC8=O)cc7)CC6)CC5)nc4)cc23)c1F. The fraction of sp³-hybridized carbons (Fsp3) is 0.378. The molecule has 0 aliphatic carbocycles. The van der Waals surface area contributed by atoms with Crippen molar-refractivity contribution in [1.82, 2.24) is 30.1 Å². The summed E-state index contributed by atoms with van der Waals surface area (Å²) in [6.07, 6.45) is 7.56. The molecule has 0 radical (unpaired) electrons. The molecule has 4 N–H and O–H groups in total. The van der Waals surface area contributed by atoms with Gasteiger partial charge in [-0.25, -0.2) is 27.2 Å². The predicted octanol–water partition coefficient (Wildman–Crippen LogP) is 5.42. The molecule has 8 rings (SSSR count). The molecule has 0 saturated carbocycles. The average molecular weight is 882 g/mol. The van der Waals surface area contributed by atoms with E-state index in [2.05, 4.69) is 52.2 Å². The summed E-state index contributed by atoms with van der Waals surface area (Å²) in [7, 11) is -3.98. The number of nitrogens with one attached hydrogen (secondary N) is 4. The summed E-state index contributed by atoms with van der Waals surface area (Å²) in [5, 5.41) is 5.08. The summed E-state index contributed by atoms with van der Waals surface area (Å²) < 4.78 is 58.1. The summed E-state index contributed by atoms with van der Waals surface area (Å²) >= 11 is 0. The molecule has 5 aromatic rings. The van der Waals surface area contributed by atoms with Crippen LogP contribution in [0.1, 0.15) is 73.4 Å². The van der Waals surface area contributed by atoms with Crippen molar-refractivity contribution in [1.29, 1.82) is 0 Å². The highest BCUT2D eigenvalue weighted by atomic mass is 32.2. The van der Waals surface area contributed by atoms with Gasteiger partial charge in [0.2, 0.25) is 33.5 Å². The smallest absolute Gasteiger partial charge is 0.249 e. The summed E-state index contributed by atoms with van der Waals surface area (Å²) in [5.41, 5.74) is 2.26. The van der Waals surface area contributed by atoms with Crippen LogP contribution in [-0.2, 0) is 24.4 Å². The number of fused-ring (bicyclic) bond motifs is 1. The van der Waals surface area contributed by atoms with Crippen LogP contribution in [0, 0.1) is 11.6 Å². The molecule has 6 heterocycles. The van der Waals surface area contributed by atoms with Crippen LogP contribution in [0.4, 0.5) is 26.0 Å². The predicted molar refractivity (Wildman–Crippen MR) is 235 cm³/mol. The summed E-state index contributed by atoms with van der Waals surface area (Å²) in [4.78, 5) is 68.8. The van der Waals surface area contributed by atoms with Crippen LogP contribution < -0.4 is 20.3 Å². The molecule has 0 spiro atoms. The van der Waals surface area contributed by atoms with E-state index in [-0.39, 0.29) is 29.7 Å². The Bertz CT molecular complexity index is 2640. The molecule has 15 nitrogen and oxygen atoms in total. The number of sulfonamides is 1. The summed E-state index contributed by atoms with van der Waals surface area (Å²) in [6, 6.07) is 15.0. The van der Waals surface area contributed by atoms with E-state index in [1.807, 2.05) is 29.2 Å². The van der Waals surface area contributed by atoms with Crippen LogP contribution >= 0.6 is 0 Å². The number of piperidine rings is 2. The number of H-pyrrole nitrogens is 1. The Kier molecular flexibility index (Phi) is 12.5. The first kappa shape index (κ1) is 43.4. The lowest BCUT2D eigenvalue weighted by Crippen LogP contribution is -2.52. The highest BCUT2D eigenvalue weighted by Crippen LogP contribution is 2.32. The Labute approximate surface area is 363 Å². The molecule has 3 saturated heterocycles. The fourth-order valence-electron chi connectivity index (χ4n) is 8.32. The largest absolute Gasteiger partial charge is 0.374 e. The van der Waals surface area contributed by atoms with Gasteiger partial charge in [-0.1, -0.05) is 19.1 Å². The van der Waals surface area contributed by atoms with Gasteiger partial charge in [-0.2, -0.15) is 0 Å². The monoisotopic (exact) mass is 881 g/mol. The molecule has 3 aliphatic heterocycles. The number of likely N-dealkylation sites (tertiary alicyclic amines) is 1. The average Bonchev–Trinajstić information content (AvgIpc) is 3.72. The molecule has 3 amide bonds. The second kappa shape index (κ2) is 18.2. The molecule has 2 atom stereocenters. The highest BCUT2D eigenvalue weighted by molar-refractivity contribution is 7.93. The molecule has 330 valence electrons. The summed E-state index contributed by atoms with van der Waals surface area (Å²) in [5.74, 6) is -2.71. The summed E-state index contributed by atoms with van der Waals surface area (Å²) in [6.45, 7) is 7.51. The van der Waals surface area contributed by atoms with E-state index in [9.17, 15) is 27.6 Å². The lowest BCUT2D eigenvalue weighted by molar-refractivity contribution is -0.134. The van der Waals surface area contributed by atoms with Crippen molar-refractivity contribution >= 4 is 61.8 Å². The lowest BCUT2D eigenvalue weighted by atomic mass is 9.89. The number of ketones is 1. The third-order valence-electron chi connectivity index (χ3n) is 12.4. The standard InChI is InChI=1S/C45H49F2N9O6S/c1-3-27(2)63(61,62)53-36-10-9-35(46)41(42(36)47)43(59)34-25-50-44-33(34)22-31(24-49-44)30-6-12-38(48-23-30)55-18-20-56(21-19-55)40(58)26-54-16-14-29(15-17-54)28-4-7-32(8-5-28)51-37-11-13-39(57)52-45(37)60/h4-10,12,22-25,27,29,37,51,53H,3,11,13-21,26H2,1-2H3,(H,49,50)(H,52,57,60). The van der Waals surface area contributed by atoms with Gasteiger partial charge in [0, 0.05) is 79.0 Å². The number of nitrogens with zero attached hydrogens (tertiary/aromatic N) is 5. The molecule has 3 fully saturated rings. The molecule has 3 aromatic heterocycles. The molecule has 18 heteroatoms. The topological polar surface area (TPSA) is 190 Å². The Morgan fingerprint density at radius 3 is 2.32 bits per heavy atom. The molecule has 63 heavy (non-hydrogen) atoms. The quantitative estimate of drug-likeness (QED) is 0.0874. The van der Waals surface area contributed by atoms with Gasteiger partial charge in [0.15, 0.2) is 5.82 Å². The zero-order valence-electron chi connectivity index (χ0n) is 35.0. The van der Waals surface area contributed by atoms with E-state index in [0.717, 1.165) is 49.6 Å². The van der Waals surface area contributed by atoms with E-state index < -0.39 is 50.0 Å². The van der Waals surface area contributed by atoms with Crippen molar-refractivity contribution in [3.63, 3.8) is 0 Å². The van der Waals surface area contributed by atoms with Crippen molar-refractivity contribution < 1.29 is 36.4 Å². The van der Waals surface area contributed by atoms with Crippen molar-refractivity contribution in [2.45, 2.75) is 63.2 Å². The molecular formula is C45H49F2N9O6S. The minimum absolute atomic E-state index is 0.0363. The Morgan fingerprint density at radius 2 is 1.63 bits per heavy atom. The third kappa shape index (κ3) is 9.41. The molecule has 3 aliphatic rings. The second-order valence-corrected chi connectivity index (χ2v) is 18.5. The zero-order valence-corrected chi connectivity index (χ0v) is 35.8. The number of rotatable bonds is 13. The number of hydrogen-bond acceptors (Lipinski definition) is 11. The van der Waals surface area contributed by atoms with Crippen molar-refractivity contribution in [3.05, 3.63) is 102 Å². The van der Waals surface area contributed by atoms with E-state index in [1.54, 1.807) is 25.4 Å². The maximum Gasteiger partial charge on any atom is 0.249 e. The number of imide groups is 1. The third-order valence-corrected chi connectivity index (χ3v) is 14.3. The number of anilines is 3. The van der Waals surface area contributed by atoms with Crippen LogP contribution in [-0.4, -0.2) is 114 Å². The van der Waals surface area contributed by atoms with E-state index in [0.29, 0.717) is 73.6 Å². The van der Waals surface area contributed by atoms with Crippen LogP contribution in [0.2, 0.25) is 0 Å². The number of aromatic nitrogens is 3. The minimum atomic E-state index is -3.98. The number of amides is 3. The van der Waals surface area contributed by atoms with Gasteiger partial charge in [-0.05, 0) is 99.6 Å². The van der Waals surface area contributed by atoms with Gasteiger partial charge in [0.25, 0.3) is 0 Å². The highest BCUT2D eigenvalue weighted by Gasteiger charge is 2.30. The van der Waals surface area contributed by atoms with Gasteiger partial charge < -0.3 is 20.1 Å². The number of carbonyl (C=O) groups is 4. The molecule has 0 bridgehead atoms. The van der Waals surface area contributed by atoms with Gasteiger partial charge in [-0.3, -0.25) is 34.1 Å². The number of pyridine rings is 2. The normalized spacial score (nSPS) is 18.3. The van der Waals surface area contributed by atoms with Crippen molar-refractivity contribution in [2.75, 3.05) is 60.8 Å². The van der Waals surface area contributed by atoms with Crippen molar-refractivity contribution in [2.24, 2.45) is 0 Å². The maximum atomic E-state index is 15.6. The van der Waals surface area contributed by atoms with Gasteiger partial charge >= 0.3 is 0 Å². The fourth-order valence-corrected chi connectivity index (χ4v) is 9.43. The van der Waals surface area contributed by atoms with Crippen LogP contribution in [0.25, 0.3) is 22.2 Å². The van der Waals surface area contributed by atoms with E-state index in [4.69, 9.17) is 0 Å². The number of carbonyl (C=O) groups excluding carboxylic acids is 4. The Hall–Kier alpha value is -6.27. The minimum Gasteiger partial charge on any atom is -0.374 e. The number of hydrogen-bond donors (Lipinski definition) is 4. The molecular weight excluding hydrogens is 833 g/mol. The maximum absolute atomic E-state index is 15.6. The Balaban J connectivity index is 0.834. The first-order chi connectivity index (χ1) is 30.3. The second-order valence-electron chi connectivity index (χ2n) is 16.4. The first-order valence-corrected chi connectivity index (χ1v) is 22.8.